The first-order valence-corrected chi connectivity index (χ1v) is 9.88. The van der Waals surface area contributed by atoms with Crippen molar-refractivity contribution in [3.05, 3.63) is 83.9 Å². The van der Waals surface area contributed by atoms with Crippen LogP contribution in [0.1, 0.15) is 27.6 Å². The maximum Gasteiger partial charge on any atom is 0.338 e. The number of esters is 1. The standard InChI is InChI=1S/C24H20N4O4/c1-14(23(30)28-18-10-6-5-9-17(18)21(25)29)32-24(31)16-11-12-19-20(13-16)27-22(26-19)15-7-3-2-4-8-15/h2-14H,1H3,(H2,25,29)(H,26,27)(H,28,30). The highest BCUT2D eigenvalue weighted by molar-refractivity contribution is 6.04. The molecule has 0 aliphatic carbocycles. The maximum atomic E-state index is 12.6. The molecule has 0 radical (unpaired) electrons. The van der Waals surface area contributed by atoms with Crippen molar-refractivity contribution in [3.8, 4) is 11.4 Å². The molecule has 0 aliphatic rings. The van der Waals surface area contributed by atoms with Crippen molar-refractivity contribution in [2.24, 2.45) is 5.73 Å². The molecule has 160 valence electrons. The zero-order valence-corrected chi connectivity index (χ0v) is 17.2. The second-order valence-corrected chi connectivity index (χ2v) is 7.13. The number of nitrogens with two attached hydrogens (primary N) is 1. The summed E-state index contributed by atoms with van der Waals surface area (Å²) in [6, 6.07) is 20.9. The topological polar surface area (TPSA) is 127 Å². The summed E-state index contributed by atoms with van der Waals surface area (Å²) in [7, 11) is 0. The number of fused-ring (bicyclic) bond motifs is 1. The molecule has 8 heteroatoms. The van der Waals surface area contributed by atoms with Crippen molar-refractivity contribution < 1.29 is 19.1 Å². The van der Waals surface area contributed by atoms with Crippen LogP contribution in [0.15, 0.2) is 72.8 Å². The molecule has 1 heterocycles. The number of aromatic amines is 1. The van der Waals surface area contributed by atoms with E-state index >= 15 is 0 Å². The highest BCUT2D eigenvalue weighted by Gasteiger charge is 2.21. The summed E-state index contributed by atoms with van der Waals surface area (Å²) in [4.78, 5) is 44.3. The highest BCUT2D eigenvalue weighted by atomic mass is 16.5. The second-order valence-electron chi connectivity index (χ2n) is 7.13. The zero-order valence-electron chi connectivity index (χ0n) is 17.2. The fourth-order valence-corrected chi connectivity index (χ4v) is 3.19. The largest absolute Gasteiger partial charge is 0.449 e. The van der Waals surface area contributed by atoms with Gasteiger partial charge in [0.15, 0.2) is 6.10 Å². The third-order valence-electron chi connectivity index (χ3n) is 4.87. The van der Waals surface area contributed by atoms with E-state index in [2.05, 4.69) is 15.3 Å². The predicted molar refractivity (Wildman–Crippen MR) is 120 cm³/mol. The van der Waals surface area contributed by atoms with Crippen molar-refractivity contribution >= 4 is 34.5 Å². The minimum absolute atomic E-state index is 0.165. The van der Waals surface area contributed by atoms with Gasteiger partial charge in [0.1, 0.15) is 5.82 Å². The third kappa shape index (κ3) is 4.34. The number of H-pyrrole nitrogens is 1. The molecule has 1 unspecified atom stereocenters. The van der Waals surface area contributed by atoms with Crippen LogP contribution >= 0.6 is 0 Å². The van der Waals surface area contributed by atoms with Gasteiger partial charge in [0.05, 0.1) is 27.8 Å². The number of nitrogens with zero attached hydrogens (tertiary/aromatic N) is 1. The van der Waals surface area contributed by atoms with Gasteiger partial charge in [0, 0.05) is 5.56 Å². The number of carbonyl (C=O) groups is 3. The molecule has 1 aromatic heterocycles. The van der Waals surface area contributed by atoms with Gasteiger partial charge in [0.2, 0.25) is 0 Å². The molecule has 4 aromatic rings. The lowest BCUT2D eigenvalue weighted by Gasteiger charge is -2.15. The Morgan fingerprint density at radius 1 is 1.00 bits per heavy atom. The Kier molecular flexibility index (Phi) is 5.67. The minimum Gasteiger partial charge on any atom is -0.449 e. The number of aromatic nitrogens is 2. The first-order valence-electron chi connectivity index (χ1n) is 9.88. The van der Waals surface area contributed by atoms with Gasteiger partial charge < -0.3 is 20.8 Å². The molecular weight excluding hydrogens is 408 g/mol. The van der Waals surface area contributed by atoms with E-state index in [0.29, 0.717) is 16.9 Å². The predicted octanol–water partition coefficient (Wildman–Crippen LogP) is 3.51. The smallest absolute Gasteiger partial charge is 0.338 e. The fourth-order valence-electron chi connectivity index (χ4n) is 3.19. The molecule has 1 atom stereocenters. The van der Waals surface area contributed by atoms with Gasteiger partial charge in [-0.1, -0.05) is 42.5 Å². The molecule has 3 aromatic carbocycles. The van der Waals surface area contributed by atoms with E-state index in [1.54, 1.807) is 36.4 Å². The van der Waals surface area contributed by atoms with Gasteiger partial charge in [-0.3, -0.25) is 9.59 Å². The van der Waals surface area contributed by atoms with Gasteiger partial charge in [0.25, 0.3) is 11.8 Å². The Morgan fingerprint density at radius 3 is 2.47 bits per heavy atom. The van der Waals surface area contributed by atoms with Crippen molar-refractivity contribution in [1.82, 2.24) is 9.97 Å². The molecule has 4 rings (SSSR count). The SMILES string of the molecule is CC(OC(=O)c1ccc2nc(-c3ccccc3)[nH]c2c1)C(=O)Nc1ccccc1C(N)=O. The molecule has 4 N–H and O–H groups in total. The van der Waals surface area contributed by atoms with E-state index in [1.165, 1.54) is 13.0 Å². The first-order chi connectivity index (χ1) is 15.4. The number of para-hydroxylation sites is 1. The number of hydrogen-bond acceptors (Lipinski definition) is 5. The average molecular weight is 428 g/mol. The Balaban J connectivity index is 1.47. The molecule has 32 heavy (non-hydrogen) atoms. The molecular formula is C24H20N4O4. The molecule has 2 amide bonds. The second kappa shape index (κ2) is 8.73. The van der Waals surface area contributed by atoms with Gasteiger partial charge in [-0.15, -0.1) is 0 Å². The lowest BCUT2D eigenvalue weighted by atomic mass is 10.1. The normalized spacial score (nSPS) is 11.7. The lowest BCUT2D eigenvalue weighted by molar-refractivity contribution is -0.123. The Morgan fingerprint density at radius 2 is 1.72 bits per heavy atom. The minimum atomic E-state index is -1.10. The molecule has 0 saturated heterocycles. The van der Waals surface area contributed by atoms with E-state index in [1.807, 2.05) is 30.3 Å². The molecule has 8 nitrogen and oxygen atoms in total. The Labute approximate surface area is 183 Å². The molecule has 0 bridgehead atoms. The third-order valence-corrected chi connectivity index (χ3v) is 4.87. The monoisotopic (exact) mass is 428 g/mol. The summed E-state index contributed by atoms with van der Waals surface area (Å²) in [6.45, 7) is 1.45. The summed E-state index contributed by atoms with van der Waals surface area (Å²) in [5.41, 5.74) is 8.32. The fraction of sp³-hybridized carbons (Fsp3) is 0.0833. The van der Waals surface area contributed by atoms with Crippen LogP contribution < -0.4 is 11.1 Å². The quantitative estimate of drug-likeness (QED) is 0.405. The van der Waals surface area contributed by atoms with Crippen LogP contribution in [-0.4, -0.2) is 33.9 Å². The Hall–Kier alpha value is -4.46. The van der Waals surface area contributed by atoms with Gasteiger partial charge >= 0.3 is 5.97 Å². The van der Waals surface area contributed by atoms with Crippen molar-refractivity contribution in [1.29, 1.82) is 0 Å². The summed E-state index contributed by atoms with van der Waals surface area (Å²) < 4.78 is 5.31. The number of imidazole rings is 1. The van der Waals surface area contributed by atoms with Gasteiger partial charge in [-0.2, -0.15) is 0 Å². The van der Waals surface area contributed by atoms with E-state index in [9.17, 15) is 14.4 Å². The number of benzene rings is 3. The summed E-state index contributed by atoms with van der Waals surface area (Å²) >= 11 is 0. The number of anilines is 1. The van der Waals surface area contributed by atoms with Crippen molar-refractivity contribution in [3.63, 3.8) is 0 Å². The number of carbonyl (C=O) groups excluding carboxylic acids is 3. The summed E-state index contributed by atoms with van der Waals surface area (Å²) in [5.74, 6) is -1.23. The number of amides is 2. The molecule has 0 fully saturated rings. The Bertz CT molecular complexity index is 1310. The molecule has 0 aliphatic heterocycles. The van der Waals surface area contributed by atoms with Crippen molar-refractivity contribution in [2.45, 2.75) is 13.0 Å². The summed E-state index contributed by atoms with van der Waals surface area (Å²) in [6.07, 6.45) is -1.10. The lowest BCUT2D eigenvalue weighted by Crippen LogP contribution is -2.30. The van der Waals surface area contributed by atoms with E-state index in [4.69, 9.17) is 10.5 Å². The first kappa shape index (κ1) is 20.8. The number of hydrogen-bond donors (Lipinski definition) is 3. The van der Waals surface area contributed by atoms with Crippen LogP contribution in [0.2, 0.25) is 0 Å². The maximum absolute atomic E-state index is 12.6. The van der Waals surface area contributed by atoms with Crippen molar-refractivity contribution in [2.75, 3.05) is 5.32 Å². The number of ether oxygens (including phenoxy) is 1. The van der Waals surface area contributed by atoms with Crippen LogP contribution in [0.25, 0.3) is 22.4 Å². The van der Waals surface area contributed by atoms with Crippen LogP contribution in [0.5, 0.6) is 0 Å². The van der Waals surface area contributed by atoms with E-state index in [-0.39, 0.29) is 16.8 Å². The molecule has 0 saturated carbocycles. The van der Waals surface area contributed by atoms with Crippen LogP contribution in [0.4, 0.5) is 5.69 Å². The number of rotatable bonds is 6. The highest BCUT2D eigenvalue weighted by Crippen LogP contribution is 2.22. The van der Waals surface area contributed by atoms with Gasteiger partial charge in [-0.05, 0) is 37.3 Å². The average Bonchev–Trinajstić information content (AvgIpc) is 3.23. The van der Waals surface area contributed by atoms with Crippen LogP contribution in [-0.2, 0) is 9.53 Å². The number of nitrogens with one attached hydrogen (secondary N) is 2. The summed E-state index contributed by atoms with van der Waals surface area (Å²) in [5, 5.41) is 2.57. The van der Waals surface area contributed by atoms with Crippen LogP contribution in [0.3, 0.4) is 0 Å². The van der Waals surface area contributed by atoms with Gasteiger partial charge in [-0.25, -0.2) is 9.78 Å². The molecule has 0 spiro atoms. The van der Waals surface area contributed by atoms with E-state index in [0.717, 1.165) is 5.56 Å². The number of primary amides is 1. The zero-order chi connectivity index (χ0) is 22.7. The van der Waals surface area contributed by atoms with E-state index < -0.39 is 23.9 Å². The van der Waals surface area contributed by atoms with Crippen LogP contribution in [0, 0.1) is 0 Å².